The van der Waals surface area contributed by atoms with Gasteiger partial charge in [0, 0.05) is 7.05 Å². The van der Waals surface area contributed by atoms with E-state index >= 15 is 0 Å². The molecule has 0 aliphatic carbocycles. The molecule has 1 saturated heterocycles. The van der Waals surface area contributed by atoms with Gasteiger partial charge in [0.15, 0.2) is 0 Å². The van der Waals surface area contributed by atoms with Crippen LogP contribution >= 0.6 is 11.6 Å². The molecule has 1 aliphatic rings. The van der Waals surface area contributed by atoms with Crippen molar-refractivity contribution in [1.29, 1.82) is 0 Å². The average molecular weight is 191 g/mol. The van der Waals surface area contributed by atoms with Crippen LogP contribution in [0.3, 0.4) is 0 Å². The second kappa shape index (κ2) is 2.62. The molecule has 0 N–H and O–H groups in total. The van der Waals surface area contributed by atoms with Crippen LogP contribution in [0.2, 0.25) is 0 Å². The van der Waals surface area contributed by atoms with Crippen molar-refractivity contribution in [3.63, 3.8) is 0 Å². The van der Waals surface area contributed by atoms with E-state index in [-0.39, 0.29) is 17.9 Å². The zero-order chi connectivity index (χ0) is 9.52. The lowest BCUT2D eigenvalue weighted by Gasteiger charge is -2.24. The predicted molar refractivity (Wildman–Crippen MR) is 44.8 cm³/mol. The minimum absolute atomic E-state index is 0.0436. The molecule has 12 heavy (non-hydrogen) atoms. The first-order valence-corrected chi connectivity index (χ1v) is 4.12. The number of amides is 3. The van der Waals surface area contributed by atoms with Crippen LogP contribution in [0.15, 0.2) is 0 Å². The van der Waals surface area contributed by atoms with Crippen molar-refractivity contribution in [2.24, 2.45) is 0 Å². The summed E-state index contributed by atoms with van der Waals surface area (Å²) in [7, 11) is 1.46. The topological polar surface area (TPSA) is 40.6 Å². The third kappa shape index (κ3) is 0.982. The highest BCUT2D eigenvalue weighted by Crippen LogP contribution is 2.26. The Balaban J connectivity index is 3.04. The molecule has 0 radical (unpaired) electrons. The number of halogens is 1. The summed E-state index contributed by atoms with van der Waals surface area (Å²) in [5.74, 6) is -0.215. The zero-order valence-electron chi connectivity index (χ0n) is 7.30. The highest BCUT2D eigenvalue weighted by Gasteiger charge is 2.48. The lowest BCUT2D eigenvalue weighted by Crippen LogP contribution is -2.43. The molecule has 4 nitrogen and oxygen atoms in total. The number of likely N-dealkylation sites (N-methyl/N-ethyl adjacent to an activating group) is 1. The molecule has 0 bridgehead atoms. The van der Waals surface area contributed by atoms with E-state index in [0.717, 1.165) is 4.90 Å². The number of hydrogen-bond donors (Lipinski definition) is 0. The first-order valence-electron chi connectivity index (χ1n) is 3.58. The number of hydrogen-bond acceptors (Lipinski definition) is 2. The summed E-state index contributed by atoms with van der Waals surface area (Å²) in [6.07, 6.45) is 0. The molecule has 0 aromatic rings. The predicted octanol–water partition coefficient (Wildman–Crippen LogP) is 0.855. The maximum atomic E-state index is 11.4. The molecule has 0 unspecified atom stereocenters. The molecule has 1 fully saturated rings. The Kier molecular flexibility index (Phi) is 2.04. The summed E-state index contributed by atoms with van der Waals surface area (Å²) < 4.78 is 0. The van der Waals surface area contributed by atoms with Crippen LogP contribution in [0.4, 0.5) is 4.79 Å². The maximum Gasteiger partial charge on any atom is 0.328 e. The Morgan fingerprint density at radius 2 is 1.92 bits per heavy atom. The van der Waals surface area contributed by atoms with Crippen molar-refractivity contribution in [1.82, 2.24) is 9.80 Å². The van der Waals surface area contributed by atoms with Crippen molar-refractivity contribution in [2.45, 2.75) is 19.4 Å². The summed E-state index contributed by atoms with van der Waals surface area (Å²) in [6, 6.07) is -0.290. The summed E-state index contributed by atoms with van der Waals surface area (Å²) in [5, 5.41) is 0. The van der Waals surface area contributed by atoms with Gasteiger partial charge < -0.3 is 0 Å². The first kappa shape index (κ1) is 9.32. The number of imide groups is 1. The van der Waals surface area contributed by atoms with Gasteiger partial charge in [0.2, 0.25) is 0 Å². The van der Waals surface area contributed by atoms with E-state index in [2.05, 4.69) is 0 Å². The van der Waals surface area contributed by atoms with Gasteiger partial charge in [-0.25, -0.2) is 4.79 Å². The van der Waals surface area contributed by atoms with Crippen LogP contribution in [0.1, 0.15) is 13.8 Å². The number of nitrogens with zero attached hydrogens (tertiary/aromatic N) is 2. The molecule has 0 spiro atoms. The van der Waals surface area contributed by atoms with E-state index in [1.165, 1.54) is 11.9 Å². The molecule has 0 saturated carbocycles. The molecule has 1 rings (SSSR count). The van der Waals surface area contributed by atoms with Gasteiger partial charge in [-0.3, -0.25) is 14.6 Å². The molecular weight excluding hydrogens is 180 g/mol. The van der Waals surface area contributed by atoms with Crippen LogP contribution in [-0.4, -0.2) is 40.3 Å². The highest BCUT2D eigenvalue weighted by atomic mass is 35.5. The SMILES string of the molecule is CN1C(=O)N(CCl)C(C)(C)C1=O. The molecule has 3 amide bonds. The smallest absolute Gasteiger partial charge is 0.296 e. The van der Waals surface area contributed by atoms with E-state index in [0.29, 0.717) is 0 Å². The van der Waals surface area contributed by atoms with Crippen molar-refractivity contribution in [3.8, 4) is 0 Å². The van der Waals surface area contributed by atoms with E-state index < -0.39 is 5.54 Å². The summed E-state index contributed by atoms with van der Waals surface area (Å²) in [5.41, 5.74) is -0.798. The van der Waals surface area contributed by atoms with Gasteiger partial charge in [0.1, 0.15) is 5.54 Å². The van der Waals surface area contributed by atoms with Gasteiger partial charge in [-0.15, -0.1) is 11.6 Å². The third-order valence-electron chi connectivity index (χ3n) is 2.14. The zero-order valence-corrected chi connectivity index (χ0v) is 8.05. The molecule has 1 aliphatic heterocycles. The molecule has 68 valence electrons. The summed E-state index contributed by atoms with van der Waals surface area (Å²) in [6.45, 7) is 3.36. The number of carbonyl (C=O) groups excluding carboxylic acids is 2. The van der Waals surface area contributed by atoms with Gasteiger partial charge in [0.05, 0.1) is 6.00 Å². The Morgan fingerprint density at radius 1 is 1.42 bits per heavy atom. The standard InChI is InChI=1S/C7H11ClN2O2/c1-7(2)5(11)9(3)6(12)10(7)4-8/h4H2,1-3H3. The molecule has 1 heterocycles. The number of alkyl halides is 1. The van der Waals surface area contributed by atoms with Gasteiger partial charge >= 0.3 is 6.03 Å². The van der Waals surface area contributed by atoms with Gasteiger partial charge in [-0.1, -0.05) is 0 Å². The Hall–Kier alpha value is -0.770. The quantitative estimate of drug-likeness (QED) is 0.350. The van der Waals surface area contributed by atoms with Crippen LogP contribution in [0.25, 0.3) is 0 Å². The second-order valence-corrected chi connectivity index (χ2v) is 3.49. The number of urea groups is 1. The van der Waals surface area contributed by atoms with Crippen LogP contribution in [-0.2, 0) is 4.79 Å². The largest absolute Gasteiger partial charge is 0.328 e. The Morgan fingerprint density at radius 3 is 2.08 bits per heavy atom. The minimum atomic E-state index is -0.798. The van der Waals surface area contributed by atoms with Crippen LogP contribution in [0, 0.1) is 0 Å². The fourth-order valence-electron chi connectivity index (χ4n) is 1.23. The molecule has 0 aromatic carbocycles. The normalized spacial score (nSPS) is 22.3. The fourth-order valence-corrected chi connectivity index (χ4v) is 1.63. The van der Waals surface area contributed by atoms with Gasteiger partial charge in [-0.2, -0.15) is 0 Å². The monoisotopic (exact) mass is 190 g/mol. The lowest BCUT2D eigenvalue weighted by molar-refractivity contribution is -0.130. The molecule has 0 aromatic heterocycles. The van der Waals surface area contributed by atoms with Crippen molar-refractivity contribution in [3.05, 3.63) is 0 Å². The first-order chi connectivity index (χ1) is 5.42. The lowest BCUT2D eigenvalue weighted by atomic mass is 10.1. The molecule has 0 atom stereocenters. The Labute approximate surface area is 76.1 Å². The van der Waals surface area contributed by atoms with Crippen molar-refractivity contribution in [2.75, 3.05) is 13.1 Å². The number of rotatable bonds is 1. The number of carbonyl (C=O) groups is 2. The fraction of sp³-hybridized carbons (Fsp3) is 0.714. The summed E-state index contributed by atoms with van der Waals surface area (Å²) in [4.78, 5) is 25.1. The highest BCUT2D eigenvalue weighted by molar-refractivity contribution is 6.20. The second-order valence-electron chi connectivity index (χ2n) is 3.25. The average Bonchev–Trinajstić information content (AvgIpc) is 2.13. The Bertz CT molecular complexity index is 240. The van der Waals surface area contributed by atoms with E-state index in [1.807, 2.05) is 0 Å². The van der Waals surface area contributed by atoms with E-state index in [4.69, 9.17) is 11.6 Å². The van der Waals surface area contributed by atoms with E-state index in [9.17, 15) is 9.59 Å². The van der Waals surface area contributed by atoms with Crippen LogP contribution < -0.4 is 0 Å². The van der Waals surface area contributed by atoms with Gasteiger partial charge in [0.25, 0.3) is 5.91 Å². The van der Waals surface area contributed by atoms with Gasteiger partial charge in [-0.05, 0) is 13.8 Å². The summed E-state index contributed by atoms with van der Waals surface area (Å²) >= 11 is 5.54. The minimum Gasteiger partial charge on any atom is -0.296 e. The molecule has 5 heteroatoms. The van der Waals surface area contributed by atoms with Crippen LogP contribution in [0.5, 0.6) is 0 Å². The maximum absolute atomic E-state index is 11.4. The third-order valence-corrected chi connectivity index (χ3v) is 2.38. The van der Waals surface area contributed by atoms with Crippen molar-refractivity contribution >= 4 is 23.5 Å². The van der Waals surface area contributed by atoms with E-state index in [1.54, 1.807) is 13.8 Å². The van der Waals surface area contributed by atoms with Crippen molar-refractivity contribution < 1.29 is 9.59 Å². The molecular formula is C7H11ClN2O2.